The van der Waals surface area contributed by atoms with Crippen LogP contribution in [-0.4, -0.2) is 42.9 Å². The fourth-order valence-electron chi connectivity index (χ4n) is 2.63. The molecule has 1 aromatic rings. The number of hydrogen-bond donors (Lipinski definition) is 1. The van der Waals surface area contributed by atoms with Crippen molar-refractivity contribution in [3.05, 3.63) is 24.3 Å². The lowest BCUT2D eigenvalue weighted by Gasteiger charge is -2.38. The van der Waals surface area contributed by atoms with Crippen LogP contribution >= 0.6 is 0 Å². The molecule has 0 aliphatic carbocycles. The van der Waals surface area contributed by atoms with Crippen molar-refractivity contribution in [2.75, 3.05) is 36.4 Å². The fraction of sp³-hybridized carbons (Fsp3) is 0.529. The molecule has 5 nitrogen and oxygen atoms in total. The molecule has 0 unspecified atom stereocenters. The Kier molecular flexibility index (Phi) is 4.74. The molecule has 1 fully saturated rings. The Morgan fingerprint density at radius 2 is 1.73 bits per heavy atom. The standard InChI is InChI=1S/C17H25N3O2/c1-13(21)18-14-6-5-7-15(12-14)19-8-10-20(11-9-19)16(22)17(2,3)4/h5-7,12H,8-11H2,1-4H3,(H,18,21). The van der Waals surface area contributed by atoms with Gasteiger partial charge in [0.2, 0.25) is 11.8 Å². The van der Waals surface area contributed by atoms with E-state index in [2.05, 4.69) is 10.2 Å². The number of nitrogens with zero attached hydrogens (tertiary/aromatic N) is 2. The number of hydrogen-bond acceptors (Lipinski definition) is 3. The third-order valence-corrected chi connectivity index (χ3v) is 3.74. The summed E-state index contributed by atoms with van der Waals surface area (Å²) >= 11 is 0. The van der Waals surface area contributed by atoms with Gasteiger partial charge in [0.1, 0.15) is 0 Å². The number of carbonyl (C=O) groups excluding carboxylic acids is 2. The molecule has 120 valence electrons. The molecule has 2 rings (SSSR count). The van der Waals surface area contributed by atoms with Crippen LogP contribution in [0.3, 0.4) is 0 Å². The van der Waals surface area contributed by atoms with E-state index in [0.29, 0.717) is 0 Å². The molecular formula is C17H25N3O2. The molecule has 0 atom stereocenters. The second kappa shape index (κ2) is 6.38. The van der Waals surface area contributed by atoms with E-state index in [1.54, 1.807) is 0 Å². The maximum atomic E-state index is 12.3. The summed E-state index contributed by atoms with van der Waals surface area (Å²) in [6.07, 6.45) is 0. The normalized spacial score (nSPS) is 15.6. The van der Waals surface area contributed by atoms with Crippen molar-refractivity contribution in [3.8, 4) is 0 Å². The highest BCUT2D eigenvalue weighted by Crippen LogP contribution is 2.23. The van der Waals surface area contributed by atoms with Crippen LogP contribution in [0.25, 0.3) is 0 Å². The average molecular weight is 303 g/mol. The van der Waals surface area contributed by atoms with Crippen LogP contribution in [0.5, 0.6) is 0 Å². The zero-order valence-corrected chi connectivity index (χ0v) is 13.8. The van der Waals surface area contributed by atoms with Crippen molar-refractivity contribution >= 4 is 23.2 Å². The van der Waals surface area contributed by atoms with Gasteiger partial charge < -0.3 is 15.1 Å². The molecular weight excluding hydrogens is 278 g/mol. The second-order valence-electron chi connectivity index (χ2n) is 6.76. The highest BCUT2D eigenvalue weighted by Gasteiger charge is 2.29. The van der Waals surface area contributed by atoms with Gasteiger partial charge in [0.05, 0.1) is 0 Å². The maximum Gasteiger partial charge on any atom is 0.228 e. The third kappa shape index (κ3) is 4.00. The number of amides is 2. The predicted molar refractivity (Wildman–Crippen MR) is 89.0 cm³/mol. The molecule has 0 spiro atoms. The number of nitrogens with one attached hydrogen (secondary N) is 1. The van der Waals surface area contributed by atoms with E-state index in [4.69, 9.17) is 0 Å². The quantitative estimate of drug-likeness (QED) is 0.912. The lowest BCUT2D eigenvalue weighted by Crippen LogP contribution is -2.51. The Hall–Kier alpha value is -2.04. The van der Waals surface area contributed by atoms with E-state index in [1.807, 2.05) is 49.9 Å². The molecule has 1 heterocycles. The van der Waals surface area contributed by atoms with Gasteiger partial charge in [-0.2, -0.15) is 0 Å². The summed E-state index contributed by atoms with van der Waals surface area (Å²) in [4.78, 5) is 27.6. The molecule has 0 radical (unpaired) electrons. The SMILES string of the molecule is CC(=O)Nc1cccc(N2CCN(C(=O)C(C)(C)C)CC2)c1. The van der Waals surface area contributed by atoms with Gasteiger partial charge in [0.25, 0.3) is 0 Å². The van der Waals surface area contributed by atoms with Crippen molar-refractivity contribution in [1.29, 1.82) is 0 Å². The van der Waals surface area contributed by atoms with Crippen molar-refractivity contribution in [3.63, 3.8) is 0 Å². The molecule has 22 heavy (non-hydrogen) atoms. The van der Waals surface area contributed by atoms with E-state index in [0.717, 1.165) is 37.6 Å². The van der Waals surface area contributed by atoms with E-state index in [9.17, 15) is 9.59 Å². The van der Waals surface area contributed by atoms with Gasteiger partial charge in [0.15, 0.2) is 0 Å². The summed E-state index contributed by atoms with van der Waals surface area (Å²) in [6.45, 7) is 10.5. The van der Waals surface area contributed by atoms with E-state index >= 15 is 0 Å². The first-order chi connectivity index (χ1) is 10.3. The molecule has 0 aromatic heterocycles. The molecule has 1 aliphatic rings. The van der Waals surface area contributed by atoms with Gasteiger partial charge in [-0.1, -0.05) is 26.8 Å². The minimum atomic E-state index is -0.326. The zero-order chi connectivity index (χ0) is 16.3. The molecule has 1 aliphatic heterocycles. The number of benzene rings is 1. The molecule has 1 aromatic carbocycles. The predicted octanol–water partition coefficient (Wildman–Crippen LogP) is 2.34. The number of rotatable bonds is 2. The average Bonchev–Trinajstić information content (AvgIpc) is 2.45. The molecule has 2 amide bonds. The Labute approximate surface area is 132 Å². The summed E-state index contributed by atoms with van der Waals surface area (Å²) in [6, 6.07) is 7.83. The molecule has 5 heteroatoms. The van der Waals surface area contributed by atoms with Gasteiger partial charge >= 0.3 is 0 Å². The number of piperazine rings is 1. The van der Waals surface area contributed by atoms with Crippen LogP contribution in [0.1, 0.15) is 27.7 Å². The lowest BCUT2D eigenvalue weighted by atomic mass is 9.94. The van der Waals surface area contributed by atoms with E-state index in [1.165, 1.54) is 6.92 Å². The van der Waals surface area contributed by atoms with Gasteiger partial charge in [-0.15, -0.1) is 0 Å². The van der Waals surface area contributed by atoms with E-state index < -0.39 is 0 Å². The van der Waals surface area contributed by atoms with Crippen LogP contribution in [0.15, 0.2) is 24.3 Å². The summed E-state index contributed by atoms with van der Waals surface area (Å²) in [5.41, 5.74) is 1.56. The topological polar surface area (TPSA) is 52.7 Å². The molecule has 0 bridgehead atoms. The fourth-order valence-corrected chi connectivity index (χ4v) is 2.63. The van der Waals surface area contributed by atoms with Crippen molar-refractivity contribution in [1.82, 2.24) is 4.90 Å². The largest absolute Gasteiger partial charge is 0.368 e. The zero-order valence-electron chi connectivity index (χ0n) is 13.8. The van der Waals surface area contributed by atoms with Crippen LogP contribution in [0, 0.1) is 5.41 Å². The molecule has 1 N–H and O–H groups in total. The smallest absolute Gasteiger partial charge is 0.228 e. The van der Waals surface area contributed by atoms with Gasteiger partial charge in [0, 0.05) is 49.9 Å². The summed E-state index contributed by atoms with van der Waals surface area (Å²) < 4.78 is 0. The van der Waals surface area contributed by atoms with Gasteiger partial charge in [-0.3, -0.25) is 9.59 Å². The first-order valence-corrected chi connectivity index (χ1v) is 7.69. The Morgan fingerprint density at radius 3 is 2.27 bits per heavy atom. The van der Waals surface area contributed by atoms with E-state index in [-0.39, 0.29) is 17.2 Å². The monoisotopic (exact) mass is 303 g/mol. The third-order valence-electron chi connectivity index (χ3n) is 3.74. The van der Waals surface area contributed by atoms with Gasteiger partial charge in [-0.25, -0.2) is 0 Å². The Balaban J connectivity index is 2.00. The summed E-state index contributed by atoms with van der Waals surface area (Å²) in [5.74, 6) is 0.136. The van der Waals surface area contributed by atoms with Crippen LogP contribution < -0.4 is 10.2 Å². The second-order valence-corrected chi connectivity index (χ2v) is 6.76. The Bertz CT molecular complexity index is 555. The van der Waals surface area contributed by atoms with Crippen LogP contribution in [0.4, 0.5) is 11.4 Å². The van der Waals surface area contributed by atoms with Gasteiger partial charge in [-0.05, 0) is 18.2 Å². The number of anilines is 2. The minimum Gasteiger partial charge on any atom is -0.368 e. The van der Waals surface area contributed by atoms with Crippen molar-refractivity contribution in [2.24, 2.45) is 5.41 Å². The Morgan fingerprint density at radius 1 is 1.09 bits per heavy atom. The molecule has 0 saturated carbocycles. The molecule has 1 saturated heterocycles. The highest BCUT2D eigenvalue weighted by atomic mass is 16.2. The van der Waals surface area contributed by atoms with Crippen molar-refractivity contribution < 1.29 is 9.59 Å². The van der Waals surface area contributed by atoms with Crippen LogP contribution in [-0.2, 0) is 9.59 Å². The minimum absolute atomic E-state index is 0.0715. The number of carbonyl (C=O) groups is 2. The lowest BCUT2D eigenvalue weighted by molar-refractivity contribution is -0.139. The first kappa shape index (κ1) is 16.3. The summed E-state index contributed by atoms with van der Waals surface area (Å²) in [7, 11) is 0. The summed E-state index contributed by atoms with van der Waals surface area (Å²) in [5, 5.41) is 2.80. The van der Waals surface area contributed by atoms with Crippen molar-refractivity contribution in [2.45, 2.75) is 27.7 Å². The first-order valence-electron chi connectivity index (χ1n) is 7.69. The highest BCUT2D eigenvalue weighted by molar-refractivity contribution is 5.89. The maximum absolute atomic E-state index is 12.3. The van der Waals surface area contributed by atoms with Crippen LogP contribution in [0.2, 0.25) is 0 Å².